The molecule has 3 aromatic heterocycles. The number of aryl methyl sites for hydroxylation is 1. The number of aliphatic hydroxyl groups excluding tert-OH is 1. The van der Waals surface area contributed by atoms with Gasteiger partial charge in [-0.15, -0.1) is 17.8 Å². The lowest BCUT2D eigenvalue weighted by molar-refractivity contribution is -0.144. The van der Waals surface area contributed by atoms with E-state index in [0.717, 1.165) is 34.5 Å². The number of benzene rings is 3. The number of rotatable bonds is 17. The summed E-state index contributed by atoms with van der Waals surface area (Å²) in [7, 11) is 0. The summed E-state index contributed by atoms with van der Waals surface area (Å²) in [5.74, 6) is -0.0472. The predicted octanol–water partition coefficient (Wildman–Crippen LogP) is 6.56. The monoisotopic (exact) mass is 1020 g/mol. The number of unbranched alkanes of at least 4 members (excludes halogenated alkanes) is 1. The number of pyridine rings is 1. The van der Waals surface area contributed by atoms with E-state index in [0.29, 0.717) is 49.1 Å². The fourth-order valence-electron chi connectivity index (χ4n) is 9.99. The molecule has 6 heterocycles. The highest BCUT2D eigenvalue weighted by atomic mass is 32.1. The van der Waals surface area contributed by atoms with Gasteiger partial charge in [-0.1, -0.05) is 57.0 Å². The minimum atomic E-state index is -0.978. The second-order valence-corrected chi connectivity index (χ2v) is 20.9. The van der Waals surface area contributed by atoms with Gasteiger partial charge < -0.3 is 45.4 Å². The number of β-amino-alcohol motifs (C(OH)–C–C–N with tert-alkyl or cyclic N) is 1. The van der Waals surface area contributed by atoms with Gasteiger partial charge in [0, 0.05) is 74.9 Å². The topological polar surface area (TPSA) is 204 Å². The Kier molecular flexibility index (Phi) is 15.2. The van der Waals surface area contributed by atoms with E-state index in [1.807, 2.05) is 52.0 Å². The van der Waals surface area contributed by atoms with Crippen molar-refractivity contribution in [2.75, 3.05) is 44.4 Å². The predicted molar refractivity (Wildman–Crippen MR) is 274 cm³/mol. The number of hydrogen-bond donors (Lipinski definition) is 5. The van der Waals surface area contributed by atoms with E-state index in [4.69, 9.17) is 20.9 Å². The molecule has 382 valence electrons. The van der Waals surface area contributed by atoms with Crippen molar-refractivity contribution in [3.8, 4) is 45.8 Å². The van der Waals surface area contributed by atoms with Crippen molar-refractivity contribution in [1.82, 2.24) is 40.8 Å². The molecule has 5 atom stereocenters. The average molecular weight is 1020 g/mol. The number of amides is 3. The fourth-order valence-corrected chi connectivity index (χ4v) is 10.8. The van der Waals surface area contributed by atoms with Crippen LogP contribution in [0.3, 0.4) is 0 Å². The number of terminal acetylenes is 1. The van der Waals surface area contributed by atoms with Gasteiger partial charge in [0.2, 0.25) is 17.7 Å². The second-order valence-electron chi connectivity index (χ2n) is 20.1. The molecule has 16 nitrogen and oxygen atoms in total. The number of piperazine rings is 1. The average Bonchev–Trinajstić information content (AvgIpc) is 4.09. The first-order valence-electron chi connectivity index (χ1n) is 24.6. The van der Waals surface area contributed by atoms with E-state index >= 15 is 4.39 Å². The molecule has 3 fully saturated rings. The second kappa shape index (κ2) is 21.7. The van der Waals surface area contributed by atoms with Crippen LogP contribution in [0.4, 0.5) is 14.6 Å². The molecule has 3 aliphatic heterocycles. The van der Waals surface area contributed by atoms with E-state index in [1.165, 1.54) is 35.4 Å². The number of nitrogens with zero attached hydrogens (tertiary/aromatic N) is 6. The van der Waals surface area contributed by atoms with Crippen LogP contribution in [0.2, 0.25) is 0 Å². The Bertz CT molecular complexity index is 3080. The van der Waals surface area contributed by atoms with E-state index < -0.39 is 47.1 Å². The molecule has 3 amide bonds. The van der Waals surface area contributed by atoms with Crippen molar-refractivity contribution in [2.45, 2.75) is 103 Å². The molecule has 2 unspecified atom stereocenters. The van der Waals surface area contributed by atoms with Crippen LogP contribution >= 0.6 is 11.3 Å². The van der Waals surface area contributed by atoms with Gasteiger partial charge >= 0.3 is 6.01 Å². The first-order chi connectivity index (χ1) is 35.1. The first-order valence-corrected chi connectivity index (χ1v) is 25.5. The number of fused-ring (bicyclic) bond motifs is 4. The number of carbonyl (C=O) groups excluding carboxylic acids is 3. The molecule has 5 N–H and O–H groups in total. The Morgan fingerprint density at radius 1 is 1.00 bits per heavy atom. The maximum absolute atomic E-state index is 16.9. The highest BCUT2D eigenvalue weighted by Crippen LogP contribution is 2.39. The quantitative estimate of drug-likeness (QED) is 0.0486. The van der Waals surface area contributed by atoms with Crippen LogP contribution in [0.1, 0.15) is 76.1 Å². The molecule has 2 bridgehead atoms. The molecule has 19 heteroatoms. The van der Waals surface area contributed by atoms with E-state index in [9.17, 15) is 29.0 Å². The normalized spacial score (nSPS) is 19.0. The van der Waals surface area contributed by atoms with Crippen molar-refractivity contribution in [3.63, 3.8) is 0 Å². The summed E-state index contributed by atoms with van der Waals surface area (Å²) in [5, 5.41) is 31.7. The number of carbonyl (C=O) groups is 3. The number of nitrogens with one attached hydrogen (secondary N) is 3. The van der Waals surface area contributed by atoms with Gasteiger partial charge in [-0.05, 0) is 72.7 Å². The Hall–Kier alpha value is -6.85. The molecular formula is C54H59F2N9O7S. The summed E-state index contributed by atoms with van der Waals surface area (Å²) in [5.41, 5.74) is 3.75. The molecule has 0 saturated carbocycles. The summed E-state index contributed by atoms with van der Waals surface area (Å²) in [6.07, 6.45) is 9.44. The van der Waals surface area contributed by atoms with Gasteiger partial charge in [0.05, 0.1) is 46.3 Å². The summed E-state index contributed by atoms with van der Waals surface area (Å²) in [6, 6.07) is 11.8. The number of likely N-dealkylation sites (tertiary alicyclic amines) is 1. The first kappa shape index (κ1) is 51.1. The lowest BCUT2D eigenvalue weighted by Crippen LogP contribution is -2.57. The highest BCUT2D eigenvalue weighted by Gasteiger charge is 2.44. The number of phenols is 1. The largest absolute Gasteiger partial charge is 0.508 e. The van der Waals surface area contributed by atoms with Crippen LogP contribution in [-0.2, 0) is 25.7 Å². The number of phenolic OH excluding ortho intramolecular Hbond substituents is 1. The maximum Gasteiger partial charge on any atom is 0.319 e. The minimum absolute atomic E-state index is 0.0223. The van der Waals surface area contributed by atoms with E-state index in [2.05, 4.69) is 41.7 Å². The van der Waals surface area contributed by atoms with Crippen LogP contribution in [0.25, 0.3) is 43.4 Å². The fraction of sp³-hybridized carbons (Fsp3) is 0.426. The van der Waals surface area contributed by atoms with Crippen molar-refractivity contribution in [2.24, 2.45) is 5.41 Å². The Labute approximate surface area is 425 Å². The number of halogens is 2. The van der Waals surface area contributed by atoms with Gasteiger partial charge in [-0.3, -0.25) is 19.4 Å². The number of hydrogen-bond acceptors (Lipinski definition) is 14. The highest BCUT2D eigenvalue weighted by molar-refractivity contribution is 7.13. The third-order valence-corrected chi connectivity index (χ3v) is 14.7. The summed E-state index contributed by atoms with van der Waals surface area (Å²) >= 11 is 1.56. The molecular weight excluding hydrogens is 957 g/mol. The third-order valence-electron chi connectivity index (χ3n) is 13.7. The number of anilines is 1. The van der Waals surface area contributed by atoms with Gasteiger partial charge in [-0.2, -0.15) is 9.97 Å². The smallest absolute Gasteiger partial charge is 0.319 e. The van der Waals surface area contributed by atoms with Crippen molar-refractivity contribution in [3.05, 3.63) is 88.7 Å². The van der Waals surface area contributed by atoms with Crippen LogP contribution < -0.4 is 25.6 Å². The van der Waals surface area contributed by atoms with E-state index in [1.54, 1.807) is 16.8 Å². The van der Waals surface area contributed by atoms with Crippen LogP contribution in [-0.4, -0.2) is 122 Å². The van der Waals surface area contributed by atoms with Crippen LogP contribution in [0.15, 0.2) is 60.2 Å². The number of thiazole rings is 1. The number of aromatic hydroxyl groups is 1. The van der Waals surface area contributed by atoms with Gasteiger partial charge in [0.25, 0.3) is 0 Å². The van der Waals surface area contributed by atoms with Gasteiger partial charge in [-0.25, -0.2) is 13.8 Å². The number of aliphatic hydroxyl groups is 1. The summed E-state index contributed by atoms with van der Waals surface area (Å²) in [4.78, 5) is 63.5. The van der Waals surface area contributed by atoms with Crippen molar-refractivity contribution in [1.29, 1.82) is 0 Å². The Balaban J connectivity index is 0.788. The summed E-state index contributed by atoms with van der Waals surface area (Å²) < 4.78 is 43.8. The van der Waals surface area contributed by atoms with Gasteiger partial charge in [0.1, 0.15) is 40.7 Å². The maximum atomic E-state index is 16.9. The SMILES string of the molecule is C#Cc1c(F)ccc2cc(O)cc(-c3ncc4c(N5CC6CCC(C5)N6)nc(OCCCCOCCC(=O)N[C@H](C(=O)N5C[C@H](O)C[C@H]5C(=O)NCc5ccc(-c6scnc6C)cc5)C(C)(C)C)nc4c3F)c12. The molecule has 9 rings (SSSR count). The Morgan fingerprint density at radius 3 is 2.47 bits per heavy atom. The van der Waals surface area contributed by atoms with Crippen molar-refractivity contribution >= 4 is 56.6 Å². The molecule has 0 spiro atoms. The van der Waals surface area contributed by atoms with Gasteiger partial charge in [0.15, 0.2) is 5.82 Å². The lowest BCUT2D eigenvalue weighted by atomic mass is 9.85. The Morgan fingerprint density at radius 2 is 1.75 bits per heavy atom. The molecule has 3 saturated heterocycles. The van der Waals surface area contributed by atoms with Crippen LogP contribution in [0, 0.1) is 36.3 Å². The zero-order chi connectivity index (χ0) is 51.6. The molecule has 0 aliphatic carbocycles. The number of aromatic nitrogens is 4. The molecule has 0 radical (unpaired) electrons. The summed E-state index contributed by atoms with van der Waals surface area (Å²) in [6.45, 7) is 9.48. The zero-order valence-electron chi connectivity index (χ0n) is 41.2. The standard InChI is InChI=1S/C54H59F2N9O7S/c1-6-38-41(55)16-13-33-21-36(66)22-39(44(33)38)46-45(56)47-40(25-57-46)50(64-26-34-14-15-35(27-64)60-34)63-53(62-47)72-19-8-7-18-71-20-17-43(68)61-49(54(3,4)5)52(70)65-28-37(67)23-42(65)51(69)58-24-31-9-11-32(12-10-31)48-30(2)59-29-73-48/h1,9-13,16,21-22,25,29,34-35,37,42,49,60,66-67H,7-8,14-15,17-20,23-24,26-28H2,2-5H3,(H,58,69)(H,61,68)/t34?,35?,37-,42+,49-/m1/s1. The van der Waals surface area contributed by atoms with Crippen molar-refractivity contribution < 1.29 is 42.9 Å². The molecule has 3 aliphatic rings. The minimum Gasteiger partial charge on any atom is -0.508 e. The van der Waals surface area contributed by atoms with E-state index in [-0.39, 0.29) is 96.6 Å². The van der Waals surface area contributed by atoms with Crippen LogP contribution in [0.5, 0.6) is 11.8 Å². The zero-order valence-corrected chi connectivity index (χ0v) is 42.0. The number of ether oxygens (including phenoxy) is 2. The molecule has 73 heavy (non-hydrogen) atoms. The lowest BCUT2D eigenvalue weighted by Gasteiger charge is -2.35. The molecule has 3 aromatic carbocycles. The molecule has 6 aromatic rings. The third kappa shape index (κ3) is 11.2.